The minimum Gasteiger partial charge on any atom is -0.497 e. The van der Waals surface area contributed by atoms with E-state index in [0.717, 1.165) is 22.6 Å². The quantitative estimate of drug-likeness (QED) is 0.429. The molecule has 32 heavy (non-hydrogen) atoms. The minimum absolute atomic E-state index is 0.200. The molecular formula is C26H28N2O3S. The molecule has 2 N–H and O–H groups in total. The van der Waals surface area contributed by atoms with Gasteiger partial charge in [0, 0.05) is 10.4 Å². The first kappa shape index (κ1) is 23.3. The average molecular weight is 449 g/mol. The summed E-state index contributed by atoms with van der Waals surface area (Å²) in [6, 6.07) is 20.2. The van der Waals surface area contributed by atoms with Crippen molar-refractivity contribution in [1.82, 2.24) is 10.6 Å². The molecule has 0 saturated heterocycles. The highest BCUT2D eigenvalue weighted by Gasteiger charge is 2.21. The van der Waals surface area contributed by atoms with Crippen LogP contribution in [0.2, 0.25) is 0 Å². The first-order chi connectivity index (χ1) is 15.5. The molecule has 1 aromatic heterocycles. The number of methoxy groups -OCH3 is 1. The van der Waals surface area contributed by atoms with Gasteiger partial charge >= 0.3 is 0 Å². The Morgan fingerprint density at radius 1 is 1.00 bits per heavy atom. The third kappa shape index (κ3) is 6.56. The average Bonchev–Trinajstić information content (AvgIpc) is 3.31. The third-order valence-electron chi connectivity index (χ3n) is 4.89. The summed E-state index contributed by atoms with van der Waals surface area (Å²) in [5.74, 6) is 0.473. The van der Waals surface area contributed by atoms with Crippen molar-refractivity contribution >= 4 is 29.2 Å². The van der Waals surface area contributed by atoms with E-state index in [2.05, 4.69) is 24.5 Å². The highest BCUT2D eigenvalue weighted by atomic mass is 32.1. The number of benzene rings is 2. The van der Waals surface area contributed by atoms with Crippen molar-refractivity contribution in [3.8, 4) is 5.75 Å². The Bertz CT molecular complexity index is 1040. The third-order valence-corrected chi connectivity index (χ3v) is 5.71. The van der Waals surface area contributed by atoms with E-state index in [1.165, 1.54) is 11.3 Å². The molecule has 3 rings (SSSR count). The summed E-state index contributed by atoms with van der Waals surface area (Å²) in [6.07, 6.45) is 2.47. The molecule has 5 nitrogen and oxygen atoms in total. The van der Waals surface area contributed by atoms with E-state index in [4.69, 9.17) is 4.74 Å². The first-order valence-corrected chi connectivity index (χ1v) is 11.4. The van der Waals surface area contributed by atoms with E-state index in [-0.39, 0.29) is 23.6 Å². The molecule has 0 aliphatic heterocycles. The van der Waals surface area contributed by atoms with E-state index in [0.29, 0.717) is 11.5 Å². The molecule has 6 heteroatoms. The van der Waals surface area contributed by atoms with E-state index in [1.807, 2.05) is 47.8 Å². The second kappa shape index (κ2) is 11.3. The molecule has 166 valence electrons. The van der Waals surface area contributed by atoms with Crippen LogP contribution < -0.4 is 15.4 Å². The molecular weight excluding hydrogens is 420 g/mol. The fourth-order valence-electron chi connectivity index (χ4n) is 3.28. The number of ether oxygens (including phenoxy) is 1. The van der Waals surface area contributed by atoms with Crippen LogP contribution >= 0.6 is 11.3 Å². The van der Waals surface area contributed by atoms with E-state index in [9.17, 15) is 9.59 Å². The van der Waals surface area contributed by atoms with Crippen molar-refractivity contribution in [3.05, 3.63) is 93.8 Å². The molecule has 0 spiro atoms. The predicted octanol–water partition coefficient (Wildman–Crippen LogP) is 5.43. The zero-order chi connectivity index (χ0) is 22.9. The van der Waals surface area contributed by atoms with Crippen molar-refractivity contribution in [1.29, 1.82) is 0 Å². The maximum absolute atomic E-state index is 13.3. The Kier molecular flexibility index (Phi) is 8.22. The summed E-state index contributed by atoms with van der Waals surface area (Å²) < 4.78 is 5.25. The Balaban J connectivity index is 1.85. The molecule has 3 aromatic rings. The van der Waals surface area contributed by atoms with Crippen LogP contribution in [0.25, 0.3) is 6.08 Å². The summed E-state index contributed by atoms with van der Waals surface area (Å²) in [6.45, 7) is 4.23. The Labute approximate surface area is 193 Å². The van der Waals surface area contributed by atoms with Crippen LogP contribution in [-0.2, 0) is 4.79 Å². The highest BCUT2D eigenvalue weighted by Crippen LogP contribution is 2.24. The second-order valence-corrected chi connectivity index (χ2v) is 8.80. The van der Waals surface area contributed by atoms with Crippen molar-refractivity contribution < 1.29 is 14.3 Å². The summed E-state index contributed by atoms with van der Waals surface area (Å²) in [5, 5.41) is 7.84. The van der Waals surface area contributed by atoms with Crippen molar-refractivity contribution in [3.63, 3.8) is 0 Å². The largest absolute Gasteiger partial charge is 0.497 e. The minimum atomic E-state index is -0.329. The van der Waals surface area contributed by atoms with Gasteiger partial charge in [0.1, 0.15) is 11.4 Å². The van der Waals surface area contributed by atoms with Gasteiger partial charge in [-0.25, -0.2) is 0 Å². The normalized spacial score (nSPS) is 12.3. The van der Waals surface area contributed by atoms with Gasteiger partial charge in [-0.15, -0.1) is 11.3 Å². The molecule has 0 bridgehead atoms. The van der Waals surface area contributed by atoms with Crippen molar-refractivity contribution in [2.45, 2.75) is 26.3 Å². The molecule has 2 aromatic carbocycles. The van der Waals surface area contributed by atoms with Crippen LogP contribution in [0.1, 0.15) is 47.1 Å². The highest BCUT2D eigenvalue weighted by molar-refractivity contribution is 7.10. The zero-order valence-corrected chi connectivity index (χ0v) is 19.3. The summed E-state index contributed by atoms with van der Waals surface area (Å²) in [5.41, 5.74) is 1.69. The smallest absolute Gasteiger partial charge is 0.268 e. The summed E-state index contributed by atoms with van der Waals surface area (Å²) in [4.78, 5) is 26.9. The van der Waals surface area contributed by atoms with Crippen LogP contribution in [0.3, 0.4) is 0 Å². The summed E-state index contributed by atoms with van der Waals surface area (Å²) >= 11 is 1.50. The number of carbonyl (C=O) groups excluding carboxylic acids is 2. The molecule has 2 amide bonds. The van der Waals surface area contributed by atoms with Gasteiger partial charge in [0.25, 0.3) is 11.8 Å². The van der Waals surface area contributed by atoms with Gasteiger partial charge in [-0.3, -0.25) is 9.59 Å². The Hall–Kier alpha value is -3.38. The molecule has 0 aliphatic carbocycles. The number of thiophene rings is 1. The van der Waals surface area contributed by atoms with Gasteiger partial charge in [-0.1, -0.05) is 50.2 Å². The van der Waals surface area contributed by atoms with Crippen LogP contribution in [-0.4, -0.2) is 18.9 Å². The van der Waals surface area contributed by atoms with E-state index in [1.54, 1.807) is 37.5 Å². The van der Waals surface area contributed by atoms with Crippen LogP contribution in [0.15, 0.2) is 77.8 Å². The van der Waals surface area contributed by atoms with Crippen LogP contribution in [0, 0.1) is 5.92 Å². The van der Waals surface area contributed by atoms with Gasteiger partial charge in [-0.05, 0) is 59.7 Å². The van der Waals surface area contributed by atoms with Crippen molar-refractivity contribution in [2.24, 2.45) is 5.92 Å². The Morgan fingerprint density at radius 2 is 1.72 bits per heavy atom. The fraction of sp³-hybridized carbons (Fsp3) is 0.231. The lowest BCUT2D eigenvalue weighted by atomic mass is 9.96. The summed E-state index contributed by atoms with van der Waals surface area (Å²) in [7, 11) is 1.62. The Morgan fingerprint density at radius 3 is 2.31 bits per heavy atom. The fourth-order valence-corrected chi connectivity index (χ4v) is 3.94. The van der Waals surface area contributed by atoms with Gasteiger partial charge < -0.3 is 15.4 Å². The van der Waals surface area contributed by atoms with Gasteiger partial charge in [0.15, 0.2) is 0 Å². The maximum atomic E-state index is 13.3. The topological polar surface area (TPSA) is 67.4 Å². The predicted molar refractivity (Wildman–Crippen MR) is 130 cm³/mol. The maximum Gasteiger partial charge on any atom is 0.268 e. The molecule has 0 radical (unpaired) electrons. The molecule has 0 aliphatic rings. The van der Waals surface area contributed by atoms with Crippen LogP contribution in [0.4, 0.5) is 0 Å². The first-order valence-electron chi connectivity index (χ1n) is 10.5. The monoisotopic (exact) mass is 448 g/mol. The second-order valence-electron chi connectivity index (χ2n) is 7.82. The molecule has 0 fully saturated rings. The molecule has 0 saturated carbocycles. The molecule has 1 atom stereocenters. The van der Waals surface area contributed by atoms with E-state index < -0.39 is 0 Å². The SMILES string of the molecule is COc1ccc(C(CC(C)C)NC(=O)/C(=C/c2cccs2)NC(=O)c2ccccc2)cc1. The number of amides is 2. The number of hydrogen-bond acceptors (Lipinski definition) is 4. The molecule has 1 unspecified atom stereocenters. The number of nitrogens with one attached hydrogen (secondary N) is 2. The number of rotatable bonds is 9. The number of carbonyl (C=O) groups is 2. The lowest BCUT2D eigenvalue weighted by Gasteiger charge is -2.22. The van der Waals surface area contributed by atoms with Crippen molar-refractivity contribution in [2.75, 3.05) is 7.11 Å². The van der Waals surface area contributed by atoms with E-state index >= 15 is 0 Å². The standard InChI is InChI=1S/C26H28N2O3S/c1-18(2)16-23(19-11-13-21(31-3)14-12-19)27-26(30)24(17-22-10-7-15-32-22)28-25(29)20-8-5-4-6-9-20/h4-15,17-18,23H,16H2,1-3H3,(H,27,30)(H,28,29)/b24-17-. The van der Waals surface area contributed by atoms with Crippen LogP contribution in [0.5, 0.6) is 5.75 Å². The lowest BCUT2D eigenvalue weighted by molar-refractivity contribution is -0.118. The van der Waals surface area contributed by atoms with Gasteiger partial charge in [0.2, 0.25) is 0 Å². The van der Waals surface area contributed by atoms with Gasteiger partial charge in [0.05, 0.1) is 13.2 Å². The number of hydrogen-bond donors (Lipinski definition) is 2. The zero-order valence-electron chi connectivity index (χ0n) is 18.5. The lowest BCUT2D eigenvalue weighted by Crippen LogP contribution is -2.37. The van der Waals surface area contributed by atoms with Gasteiger partial charge in [-0.2, -0.15) is 0 Å². The molecule has 1 heterocycles.